The van der Waals surface area contributed by atoms with E-state index in [4.69, 9.17) is 9.73 Å². The Kier molecular flexibility index (Phi) is 10.8. The second kappa shape index (κ2) is 12.0. The van der Waals surface area contributed by atoms with Crippen molar-refractivity contribution in [1.82, 2.24) is 20.1 Å². The maximum Gasteiger partial charge on any atom is 0.230 e. The van der Waals surface area contributed by atoms with Crippen molar-refractivity contribution in [2.45, 2.75) is 52.2 Å². The number of carbonyl (C=O) groups excluding carboxylic acids is 1. The lowest BCUT2D eigenvalue weighted by Crippen LogP contribution is -2.43. The van der Waals surface area contributed by atoms with E-state index >= 15 is 0 Å². The number of ether oxygens (including phenoxy) is 1. The lowest BCUT2D eigenvalue weighted by molar-refractivity contribution is -0.138. The Bertz CT molecular complexity index is 674. The first-order chi connectivity index (χ1) is 13.3. The molecule has 1 aliphatic rings. The summed E-state index contributed by atoms with van der Waals surface area (Å²) < 4.78 is 5.35. The third-order valence-electron chi connectivity index (χ3n) is 5.32. The van der Waals surface area contributed by atoms with E-state index < -0.39 is 0 Å². The van der Waals surface area contributed by atoms with E-state index in [1.165, 1.54) is 0 Å². The van der Waals surface area contributed by atoms with E-state index in [2.05, 4.69) is 27.5 Å². The quantitative estimate of drug-likeness (QED) is 0.312. The maximum absolute atomic E-state index is 12.8. The number of aromatic nitrogens is 1. The number of guanidine groups is 1. The molecule has 1 unspecified atom stereocenters. The number of nitrogens with one attached hydrogen (secondary N) is 1. The van der Waals surface area contributed by atoms with Gasteiger partial charge in [0.05, 0.1) is 24.2 Å². The number of aliphatic imine (C=N–C) groups is 1. The van der Waals surface area contributed by atoms with Crippen LogP contribution in [-0.4, -0.2) is 68.0 Å². The number of hydrogen-bond donors (Lipinski definition) is 1. The molecule has 2 rings (SSSR count). The van der Waals surface area contributed by atoms with E-state index in [9.17, 15) is 4.79 Å². The van der Waals surface area contributed by atoms with Crippen molar-refractivity contribution in [3.63, 3.8) is 0 Å². The van der Waals surface area contributed by atoms with Gasteiger partial charge in [-0.05, 0) is 26.7 Å². The van der Waals surface area contributed by atoms with Crippen molar-refractivity contribution in [2.75, 3.05) is 41.3 Å². The molecule has 9 heteroatoms. The Morgan fingerprint density at radius 1 is 1.38 bits per heavy atom. The van der Waals surface area contributed by atoms with Gasteiger partial charge in [-0.3, -0.25) is 9.79 Å². The molecule has 0 aromatic carbocycles. The molecule has 1 aromatic heterocycles. The van der Waals surface area contributed by atoms with Crippen molar-refractivity contribution in [1.29, 1.82) is 0 Å². The summed E-state index contributed by atoms with van der Waals surface area (Å²) in [5, 5.41) is 6.40. The van der Waals surface area contributed by atoms with Crippen LogP contribution in [0.25, 0.3) is 0 Å². The van der Waals surface area contributed by atoms with Crippen LogP contribution in [0.2, 0.25) is 0 Å². The molecule has 7 nitrogen and oxygen atoms in total. The third kappa shape index (κ3) is 6.78. The van der Waals surface area contributed by atoms with Crippen molar-refractivity contribution in [3.8, 4) is 0 Å². The minimum Gasteiger partial charge on any atom is -0.375 e. The Labute approximate surface area is 196 Å². The summed E-state index contributed by atoms with van der Waals surface area (Å²) in [5.74, 6) is 1.01. The predicted octanol–water partition coefficient (Wildman–Crippen LogP) is 3.51. The van der Waals surface area contributed by atoms with Crippen LogP contribution in [-0.2, 0) is 16.1 Å². The fraction of sp³-hybridized carbons (Fsp3) is 0.750. The van der Waals surface area contributed by atoms with E-state index in [0.29, 0.717) is 13.1 Å². The number of carbonyl (C=O) groups is 1. The van der Waals surface area contributed by atoms with Crippen molar-refractivity contribution in [2.24, 2.45) is 10.4 Å². The molecular weight excluding hydrogens is 501 g/mol. The van der Waals surface area contributed by atoms with Crippen LogP contribution in [0.3, 0.4) is 0 Å². The van der Waals surface area contributed by atoms with Crippen LogP contribution in [0.15, 0.2) is 10.4 Å². The number of rotatable bonds is 8. The Morgan fingerprint density at radius 3 is 2.59 bits per heavy atom. The highest BCUT2D eigenvalue weighted by Crippen LogP contribution is 2.39. The van der Waals surface area contributed by atoms with Gasteiger partial charge < -0.3 is 19.9 Å². The smallest absolute Gasteiger partial charge is 0.230 e. The zero-order valence-electron chi connectivity index (χ0n) is 18.5. The summed E-state index contributed by atoms with van der Waals surface area (Å²) in [7, 11) is 7.38. The van der Waals surface area contributed by atoms with Crippen LogP contribution in [0.4, 0.5) is 0 Å². The van der Waals surface area contributed by atoms with Crippen LogP contribution in [0.1, 0.15) is 56.3 Å². The number of nitrogens with zero attached hydrogens (tertiary/aromatic N) is 4. The number of hydrogen-bond acceptors (Lipinski definition) is 5. The lowest BCUT2D eigenvalue weighted by atomic mass is 9.85. The average molecular weight is 538 g/mol. The van der Waals surface area contributed by atoms with Gasteiger partial charge in [-0.15, -0.1) is 35.3 Å². The highest BCUT2D eigenvalue weighted by Gasteiger charge is 2.42. The fourth-order valence-corrected chi connectivity index (χ4v) is 4.50. The van der Waals surface area contributed by atoms with Crippen LogP contribution in [0.5, 0.6) is 0 Å². The van der Waals surface area contributed by atoms with Gasteiger partial charge in [0.25, 0.3) is 0 Å². The molecular formula is C20H36IN5O2S. The first kappa shape index (κ1) is 26.1. The Hall–Kier alpha value is -0.940. The molecule has 1 N–H and O–H groups in total. The van der Waals surface area contributed by atoms with Crippen LogP contribution < -0.4 is 5.32 Å². The molecule has 1 fully saturated rings. The number of halogens is 1. The third-order valence-corrected chi connectivity index (χ3v) is 6.37. The predicted molar refractivity (Wildman–Crippen MR) is 130 cm³/mol. The van der Waals surface area contributed by atoms with Gasteiger partial charge in [0.1, 0.15) is 11.1 Å². The molecule has 0 radical (unpaired) electrons. The zero-order chi connectivity index (χ0) is 20.7. The van der Waals surface area contributed by atoms with Crippen molar-refractivity contribution in [3.05, 3.63) is 16.1 Å². The van der Waals surface area contributed by atoms with Gasteiger partial charge in [-0.1, -0.05) is 12.8 Å². The highest BCUT2D eigenvalue weighted by atomic mass is 127. The number of amides is 1. The van der Waals surface area contributed by atoms with E-state index in [1.807, 2.05) is 28.1 Å². The normalized spacial score (nSPS) is 16.8. The summed E-state index contributed by atoms with van der Waals surface area (Å²) in [6, 6.07) is 0. The van der Waals surface area contributed by atoms with Crippen molar-refractivity contribution < 1.29 is 9.53 Å². The van der Waals surface area contributed by atoms with E-state index in [0.717, 1.165) is 48.9 Å². The standard InChI is InChI=1S/C20H35N5O2S.HI/c1-7-21-19(22-14-20(10-8-9-11-20)18(26)24(3)4)25(5)12-16-13-28-17(23-16)15(2)27-6;/h13,15H,7-12,14H2,1-6H3,(H,21,22);1H. The van der Waals surface area contributed by atoms with Gasteiger partial charge in [0, 0.05) is 40.2 Å². The second-order valence-electron chi connectivity index (χ2n) is 7.77. The first-order valence-electron chi connectivity index (χ1n) is 10.0. The molecule has 1 atom stereocenters. The molecule has 0 aliphatic heterocycles. The van der Waals surface area contributed by atoms with Gasteiger partial charge in [-0.25, -0.2) is 4.98 Å². The van der Waals surface area contributed by atoms with Gasteiger partial charge >= 0.3 is 0 Å². The van der Waals surface area contributed by atoms with Gasteiger partial charge in [0.15, 0.2) is 5.96 Å². The van der Waals surface area contributed by atoms with Crippen LogP contribution in [0, 0.1) is 5.41 Å². The van der Waals surface area contributed by atoms with Gasteiger partial charge in [0.2, 0.25) is 5.91 Å². The van der Waals surface area contributed by atoms with E-state index in [1.54, 1.807) is 23.3 Å². The monoisotopic (exact) mass is 537 g/mol. The summed E-state index contributed by atoms with van der Waals surface area (Å²) >= 11 is 1.62. The first-order valence-corrected chi connectivity index (χ1v) is 10.9. The molecule has 1 aromatic rings. The minimum atomic E-state index is -0.354. The molecule has 0 spiro atoms. The highest BCUT2D eigenvalue weighted by molar-refractivity contribution is 14.0. The van der Waals surface area contributed by atoms with Crippen LogP contribution >= 0.6 is 35.3 Å². The molecule has 0 bridgehead atoms. The Balaban J connectivity index is 0.00000420. The molecule has 29 heavy (non-hydrogen) atoms. The molecule has 1 aliphatic carbocycles. The second-order valence-corrected chi connectivity index (χ2v) is 8.66. The maximum atomic E-state index is 12.8. The van der Waals surface area contributed by atoms with E-state index in [-0.39, 0.29) is 41.4 Å². The largest absolute Gasteiger partial charge is 0.375 e. The molecule has 1 amide bonds. The average Bonchev–Trinajstić information content (AvgIpc) is 3.34. The topological polar surface area (TPSA) is 70.1 Å². The molecule has 1 heterocycles. The number of thiazole rings is 1. The fourth-order valence-electron chi connectivity index (χ4n) is 3.66. The molecule has 166 valence electrons. The summed E-state index contributed by atoms with van der Waals surface area (Å²) in [5.41, 5.74) is 0.643. The Morgan fingerprint density at radius 2 is 2.03 bits per heavy atom. The van der Waals surface area contributed by atoms with Crippen molar-refractivity contribution >= 4 is 47.2 Å². The minimum absolute atomic E-state index is 0. The number of methoxy groups -OCH3 is 1. The SMILES string of the molecule is CCNC(=NCC1(C(=O)N(C)C)CCCC1)N(C)Cc1csc(C(C)OC)n1.I. The summed E-state index contributed by atoms with van der Waals surface area (Å²) in [6.45, 7) is 6.02. The molecule has 1 saturated carbocycles. The molecule has 0 saturated heterocycles. The lowest BCUT2D eigenvalue weighted by Gasteiger charge is -2.30. The summed E-state index contributed by atoms with van der Waals surface area (Å²) in [4.78, 5) is 26.1. The summed E-state index contributed by atoms with van der Waals surface area (Å²) in [6.07, 6.45) is 4.04. The zero-order valence-corrected chi connectivity index (χ0v) is 21.7. The van der Waals surface area contributed by atoms with Gasteiger partial charge in [-0.2, -0.15) is 0 Å².